The van der Waals surface area contributed by atoms with Crippen LogP contribution >= 0.6 is 0 Å². The van der Waals surface area contributed by atoms with E-state index in [0.717, 1.165) is 0 Å². The number of piperidine rings is 1. The van der Waals surface area contributed by atoms with Crippen molar-refractivity contribution in [3.63, 3.8) is 0 Å². The summed E-state index contributed by atoms with van der Waals surface area (Å²) in [6.07, 6.45) is 2.60. The van der Waals surface area contributed by atoms with Crippen LogP contribution in [-0.4, -0.2) is 50.4 Å². The van der Waals surface area contributed by atoms with Crippen LogP contribution in [0.3, 0.4) is 0 Å². The summed E-state index contributed by atoms with van der Waals surface area (Å²) < 4.78 is 0. The van der Waals surface area contributed by atoms with E-state index in [-0.39, 0.29) is 0 Å². The lowest BCUT2D eigenvalue weighted by Gasteiger charge is -2.43. The quantitative estimate of drug-likeness (QED) is 0.488. The van der Waals surface area contributed by atoms with Gasteiger partial charge in [0, 0.05) is 5.54 Å². The van der Waals surface area contributed by atoms with Crippen LogP contribution in [0, 0.1) is 0 Å². The monoisotopic (exact) mass is 154 g/mol. The summed E-state index contributed by atoms with van der Waals surface area (Å²) in [5.41, 5.74) is 0.451. The molecule has 1 heterocycles. The summed E-state index contributed by atoms with van der Waals surface area (Å²) in [4.78, 5) is 4.77. The van der Waals surface area contributed by atoms with Crippen molar-refractivity contribution in [2.24, 2.45) is 0 Å². The fourth-order valence-corrected chi connectivity index (χ4v) is 1.55. The largest absolute Gasteiger partial charge is 0.349 e. The third-order valence-electron chi connectivity index (χ3n) is 3.14. The summed E-state index contributed by atoms with van der Waals surface area (Å²) in [5, 5.41) is 0. The van der Waals surface area contributed by atoms with Gasteiger partial charge in [0.1, 0.15) is 0 Å². The SMILES string of the molecule is BN1CCC(C)(N(C)C)CC1. The molecular formula is C8H19BN2. The van der Waals surface area contributed by atoms with Gasteiger partial charge in [-0.25, -0.2) is 0 Å². The van der Waals surface area contributed by atoms with Crippen LogP contribution in [0.25, 0.3) is 0 Å². The van der Waals surface area contributed by atoms with Crippen molar-refractivity contribution in [3.05, 3.63) is 0 Å². The van der Waals surface area contributed by atoms with Crippen molar-refractivity contribution < 1.29 is 0 Å². The Kier molecular flexibility index (Phi) is 2.60. The molecule has 1 saturated heterocycles. The van der Waals surface area contributed by atoms with Gasteiger partial charge in [0.15, 0.2) is 7.98 Å². The molecule has 1 aliphatic heterocycles. The van der Waals surface area contributed by atoms with E-state index in [0.29, 0.717) is 5.54 Å². The molecule has 0 aliphatic carbocycles. The van der Waals surface area contributed by atoms with E-state index in [1.165, 1.54) is 25.9 Å². The van der Waals surface area contributed by atoms with Crippen molar-refractivity contribution in [1.82, 2.24) is 9.71 Å². The Morgan fingerprint density at radius 3 is 2.09 bits per heavy atom. The second-order valence-corrected chi connectivity index (χ2v) is 4.19. The van der Waals surface area contributed by atoms with Gasteiger partial charge in [-0.05, 0) is 47.0 Å². The second kappa shape index (κ2) is 3.15. The Morgan fingerprint density at radius 2 is 1.73 bits per heavy atom. The van der Waals surface area contributed by atoms with E-state index >= 15 is 0 Å². The first-order valence-corrected chi connectivity index (χ1v) is 4.40. The lowest BCUT2D eigenvalue weighted by atomic mass is 9.87. The minimum absolute atomic E-state index is 0.451. The van der Waals surface area contributed by atoms with E-state index in [1.54, 1.807) is 0 Å². The molecule has 0 unspecified atom stereocenters. The van der Waals surface area contributed by atoms with E-state index < -0.39 is 0 Å². The molecule has 3 heteroatoms. The summed E-state index contributed by atoms with van der Waals surface area (Å²) in [6.45, 7) is 4.85. The first-order chi connectivity index (χ1) is 5.04. The van der Waals surface area contributed by atoms with Crippen molar-refractivity contribution in [1.29, 1.82) is 0 Å². The first-order valence-electron chi connectivity index (χ1n) is 4.40. The van der Waals surface area contributed by atoms with Crippen LogP contribution in [0.15, 0.2) is 0 Å². The number of rotatable bonds is 1. The zero-order chi connectivity index (χ0) is 8.48. The smallest absolute Gasteiger partial charge is 0.185 e. The van der Waals surface area contributed by atoms with Crippen molar-refractivity contribution in [2.45, 2.75) is 25.3 Å². The minimum Gasteiger partial charge on any atom is -0.349 e. The standard InChI is InChI=1S/C8H19BN2/c1-8(10(2)3)4-6-11(9)7-5-8/h4-7,9H2,1-3H3. The lowest BCUT2D eigenvalue weighted by molar-refractivity contribution is 0.103. The molecule has 0 spiro atoms. The molecule has 1 fully saturated rings. The van der Waals surface area contributed by atoms with Crippen LogP contribution in [-0.2, 0) is 0 Å². The molecule has 0 atom stereocenters. The van der Waals surface area contributed by atoms with Gasteiger partial charge in [-0.1, -0.05) is 0 Å². The molecule has 1 aliphatic rings. The maximum atomic E-state index is 2.41. The van der Waals surface area contributed by atoms with Crippen molar-refractivity contribution in [3.8, 4) is 0 Å². The third-order valence-corrected chi connectivity index (χ3v) is 3.14. The topological polar surface area (TPSA) is 6.48 Å². The average Bonchev–Trinajstić information content (AvgIpc) is 1.95. The predicted octanol–water partition coefficient (Wildman–Crippen LogP) is -0.0494. The number of nitrogens with zero attached hydrogens (tertiary/aromatic N) is 2. The fraction of sp³-hybridized carbons (Fsp3) is 1.00. The molecule has 0 saturated carbocycles. The van der Waals surface area contributed by atoms with Gasteiger partial charge >= 0.3 is 0 Å². The molecule has 64 valence electrons. The molecular weight excluding hydrogens is 135 g/mol. The molecule has 0 amide bonds. The summed E-state index contributed by atoms with van der Waals surface area (Å²) in [6, 6.07) is 0. The Hall–Kier alpha value is -0.0151. The summed E-state index contributed by atoms with van der Waals surface area (Å²) >= 11 is 0. The van der Waals surface area contributed by atoms with Gasteiger partial charge in [0.05, 0.1) is 0 Å². The first kappa shape index (κ1) is 9.08. The minimum atomic E-state index is 0.451. The van der Waals surface area contributed by atoms with Crippen LogP contribution in [0.1, 0.15) is 19.8 Å². The van der Waals surface area contributed by atoms with Crippen LogP contribution < -0.4 is 0 Å². The molecule has 11 heavy (non-hydrogen) atoms. The third kappa shape index (κ3) is 1.97. The number of hydrogen-bond donors (Lipinski definition) is 0. The molecule has 0 N–H and O–H groups in total. The van der Waals surface area contributed by atoms with Crippen molar-refractivity contribution in [2.75, 3.05) is 27.2 Å². The second-order valence-electron chi connectivity index (χ2n) is 4.19. The van der Waals surface area contributed by atoms with Gasteiger partial charge in [-0.2, -0.15) is 0 Å². The molecule has 0 aromatic rings. The van der Waals surface area contributed by atoms with Crippen LogP contribution in [0.5, 0.6) is 0 Å². The molecule has 1 rings (SSSR count). The maximum absolute atomic E-state index is 2.41. The average molecular weight is 154 g/mol. The summed E-state index contributed by atoms with van der Waals surface area (Å²) in [7, 11) is 6.58. The highest BCUT2D eigenvalue weighted by Crippen LogP contribution is 2.24. The normalized spacial score (nSPS) is 25.8. The Balaban J connectivity index is 2.48. The molecule has 0 aromatic carbocycles. The van der Waals surface area contributed by atoms with Crippen molar-refractivity contribution >= 4 is 7.98 Å². The summed E-state index contributed by atoms with van der Waals surface area (Å²) in [5.74, 6) is 0. The zero-order valence-corrected chi connectivity index (χ0v) is 8.22. The van der Waals surface area contributed by atoms with E-state index in [1.807, 2.05) is 0 Å². The number of hydrogen-bond acceptors (Lipinski definition) is 2. The van der Waals surface area contributed by atoms with Crippen LogP contribution in [0.2, 0.25) is 0 Å². The maximum Gasteiger partial charge on any atom is 0.185 e. The highest BCUT2D eigenvalue weighted by Gasteiger charge is 2.30. The predicted molar refractivity (Wildman–Crippen MR) is 51.4 cm³/mol. The van der Waals surface area contributed by atoms with E-state index in [2.05, 4.69) is 38.7 Å². The molecule has 0 radical (unpaired) electrons. The Morgan fingerprint density at radius 1 is 1.27 bits per heavy atom. The highest BCUT2D eigenvalue weighted by atomic mass is 15.2. The highest BCUT2D eigenvalue weighted by molar-refractivity contribution is 6.04. The Bertz CT molecular complexity index is 128. The van der Waals surface area contributed by atoms with E-state index in [9.17, 15) is 0 Å². The zero-order valence-electron chi connectivity index (χ0n) is 8.22. The van der Waals surface area contributed by atoms with Gasteiger partial charge in [-0.3, -0.25) is 0 Å². The van der Waals surface area contributed by atoms with Gasteiger partial charge in [0.2, 0.25) is 0 Å². The Labute approximate surface area is 71.0 Å². The van der Waals surface area contributed by atoms with E-state index in [4.69, 9.17) is 0 Å². The van der Waals surface area contributed by atoms with Crippen LogP contribution in [0.4, 0.5) is 0 Å². The van der Waals surface area contributed by atoms with Gasteiger partial charge in [0.25, 0.3) is 0 Å². The van der Waals surface area contributed by atoms with Gasteiger partial charge < -0.3 is 9.71 Å². The molecule has 0 bridgehead atoms. The molecule has 0 aromatic heterocycles. The molecule has 2 nitrogen and oxygen atoms in total. The van der Waals surface area contributed by atoms with Gasteiger partial charge in [-0.15, -0.1) is 0 Å². The fourth-order valence-electron chi connectivity index (χ4n) is 1.55. The lowest BCUT2D eigenvalue weighted by Crippen LogP contribution is -2.49.